The van der Waals surface area contributed by atoms with Crippen LogP contribution in [0.2, 0.25) is 0 Å². The number of amides is 1. The molecule has 0 fully saturated rings. The SMILES string of the molecule is COc1ccc(-c2noc(CNC(=O)C(C)(C)C)n2)cc1OC. The van der Waals surface area contributed by atoms with Crippen LogP contribution in [0.5, 0.6) is 11.5 Å². The van der Waals surface area contributed by atoms with Crippen LogP contribution in [0.4, 0.5) is 0 Å². The molecule has 0 unspecified atom stereocenters. The van der Waals surface area contributed by atoms with Gasteiger partial charge in [-0.1, -0.05) is 25.9 Å². The number of methoxy groups -OCH3 is 2. The van der Waals surface area contributed by atoms with Crippen molar-refractivity contribution in [1.29, 1.82) is 0 Å². The van der Waals surface area contributed by atoms with Crippen molar-refractivity contribution in [3.8, 4) is 22.9 Å². The number of ether oxygens (including phenoxy) is 2. The van der Waals surface area contributed by atoms with Crippen LogP contribution < -0.4 is 14.8 Å². The normalized spacial score (nSPS) is 11.2. The number of hydrogen-bond donors (Lipinski definition) is 1. The van der Waals surface area contributed by atoms with Crippen molar-refractivity contribution >= 4 is 5.91 Å². The third-order valence-electron chi connectivity index (χ3n) is 3.19. The molecule has 2 aromatic rings. The highest BCUT2D eigenvalue weighted by molar-refractivity contribution is 5.81. The molecule has 1 heterocycles. The number of nitrogens with one attached hydrogen (secondary N) is 1. The Labute approximate surface area is 135 Å². The van der Waals surface area contributed by atoms with Crippen LogP contribution in [0.3, 0.4) is 0 Å². The summed E-state index contributed by atoms with van der Waals surface area (Å²) in [6.45, 7) is 5.71. The van der Waals surface area contributed by atoms with Gasteiger partial charge in [0.25, 0.3) is 0 Å². The lowest BCUT2D eigenvalue weighted by Gasteiger charge is -2.16. The lowest BCUT2D eigenvalue weighted by molar-refractivity contribution is -0.128. The predicted octanol–water partition coefficient (Wildman–Crippen LogP) is 2.42. The van der Waals surface area contributed by atoms with Gasteiger partial charge in [-0.05, 0) is 18.2 Å². The van der Waals surface area contributed by atoms with Crippen LogP contribution in [0.25, 0.3) is 11.4 Å². The van der Waals surface area contributed by atoms with E-state index in [4.69, 9.17) is 14.0 Å². The Morgan fingerprint density at radius 2 is 1.91 bits per heavy atom. The van der Waals surface area contributed by atoms with Gasteiger partial charge >= 0.3 is 0 Å². The molecule has 7 nitrogen and oxygen atoms in total. The minimum atomic E-state index is -0.466. The largest absolute Gasteiger partial charge is 0.493 e. The number of benzene rings is 1. The first-order valence-electron chi connectivity index (χ1n) is 7.18. The van der Waals surface area contributed by atoms with Gasteiger partial charge in [0.05, 0.1) is 20.8 Å². The average Bonchev–Trinajstić information content (AvgIpc) is 2.99. The van der Waals surface area contributed by atoms with E-state index in [2.05, 4.69) is 15.5 Å². The molecule has 7 heteroatoms. The van der Waals surface area contributed by atoms with E-state index in [1.165, 1.54) is 0 Å². The van der Waals surface area contributed by atoms with E-state index in [1.54, 1.807) is 26.4 Å². The first kappa shape index (κ1) is 16.8. The summed E-state index contributed by atoms with van der Waals surface area (Å²) >= 11 is 0. The fourth-order valence-corrected chi connectivity index (χ4v) is 1.84. The van der Waals surface area contributed by atoms with E-state index >= 15 is 0 Å². The Hall–Kier alpha value is -2.57. The highest BCUT2D eigenvalue weighted by Gasteiger charge is 2.21. The number of aromatic nitrogens is 2. The van der Waals surface area contributed by atoms with Crippen molar-refractivity contribution in [1.82, 2.24) is 15.5 Å². The molecule has 124 valence electrons. The van der Waals surface area contributed by atoms with Crippen LogP contribution in [-0.2, 0) is 11.3 Å². The van der Waals surface area contributed by atoms with Gasteiger partial charge in [-0.2, -0.15) is 4.98 Å². The van der Waals surface area contributed by atoms with Crippen molar-refractivity contribution in [3.05, 3.63) is 24.1 Å². The van der Waals surface area contributed by atoms with E-state index in [9.17, 15) is 4.79 Å². The third-order valence-corrected chi connectivity index (χ3v) is 3.19. The molecule has 0 saturated heterocycles. The van der Waals surface area contributed by atoms with Crippen LogP contribution in [0, 0.1) is 5.41 Å². The maximum Gasteiger partial charge on any atom is 0.246 e. The van der Waals surface area contributed by atoms with Crippen LogP contribution in [0.15, 0.2) is 22.7 Å². The highest BCUT2D eigenvalue weighted by Crippen LogP contribution is 2.31. The lowest BCUT2D eigenvalue weighted by Crippen LogP contribution is -2.34. The van der Waals surface area contributed by atoms with Gasteiger partial charge in [0, 0.05) is 11.0 Å². The van der Waals surface area contributed by atoms with Gasteiger partial charge < -0.3 is 19.3 Å². The standard InChI is InChI=1S/C16H21N3O4/c1-16(2,3)15(20)17-9-13-18-14(19-23-13)10-6-7-11(21-4)12(8-10)22-5/h6-8H,9H2,1-5H3,(H,17,20). The molecule has 0 bridgehead atoms. The zero-order valence-electron chi connectivity index (χ0n) is 14.0. The van der Waals surface area contributed by atoms with Gasteiger partial charge in [-0.3, -0.25) is 4.79 Å². The Bertz CT molecular complexity index is 689. The predicted molar refractivity (Wildman–Crippen MR) is 84.1 cm³/mol. The quantitative estimate of drug-likeness (QED) is 0.911. The summed E-state index contributed by atoms with van der Waals surface area (Å²) < 4.78 is 15.6. The zero-order chi connectivity index (χ0) is 17.0. The number of carbonyl (C=O) groups is 1. The maximum absolute atomic E-state index is 11.8. The molecule has 1 amide bonds. The minimum Gasteiger partial charge on any atom is -0.493 e. The molecule has 23 heavy (non-hydrogen) atoms. The monoisotopic (exact) mass is 319 g/mol. The van der Waals surface area contributed by atoms with Crippen LogP contribution in [0.1, 0.15) is 26.7 Å². The highest BCUT2D eigenvalue weighted by atomic mass is 16.5. The summed E-state index contributed by atoms with van der Waals surface area (Å²) in [7, 11) is 3.13. The average molecular weight is 319 g/mol. The first-order valence-corrected chi connectivity index (χ1v) is 7.18. The molecule has 0 aliphatic heterocycles. The van der Waals surface area contributed by atoms with Gasteiger partial charge in [-0.25, -0.2) is 0 Å². The fraction of sp³-hybridized carbons (Fsp3) is 0.438. The molecule has 0 saturated carbocycles. The molecule has 1 aromatic heterocycles. The van der Waals surface area contributed by atoms with E-state index < -0.39 is 5.41 Å². The van der Waals surface area contributed by atoms with Crippen molar-refractivity contribution in [2.45, 2.75) is 27.3 Å². The summed E-state index contributed by atoms with van der Waals surface area (Å²) in [5, 5.41) is 6.69. The van der Waals surface area contributed by atoms with E-state index in [-0.39, 0.29) is 12.5 Å². The second-order valence-electron chi connectivity index (χ2n) is 6.01. The molecule has 0 aliphatic carbocycles. The molecule has 0 aliphatic rings. The molecule has 1 N–H and O–H groups in total. The lowest BCUT2D eigenvalue weighted by atomic mass is 9.96. The number of hydrogen-bond acceptors (Lipinski definition) is 6. The number of carbonyl (C=O) groups excluding carboxylic acids is 1. The van der Waals surface area contributed by atoms with Gasteiger partial charge in [-0.15, -0.1) is 0 Å². The number of nitrogens with zero attached hydrogens (tertiary/aromatic N) is 2. The Morgan fingerprint density at radius 3 is 2.52 bits per heavy atom. The molecule has 1 aromatic carbocycles. The summed E-state index contributed by atoms with van der Waals surface area (Å²) in [6, 6.07) is 5.34. The molecule has 2 rings (SSSR count). The fourth-order valence-electron chi connectivity index (χ4n) is 1.84. The second-order valence-corrected chi connectivity index (χ2v) is 6.01. The Kier molecular flexibility index (Phi) is 4.88. The molecular formula is C16H21N3O4. The van der Waals surface area contributed by atoms with Crippen molar-refractivity contribution in [3.63, 3.8) is 0 Å². The molecular weight excluding hydrogens is 298 g/mol. The van der Waals surface area contributed by atoms with Crippen LogP contribution >= 0.6 is 0 Å². The van der Waals surface area contributed by atoms with E-state index in [1.807, 2.05) is 26.8 Å². The smallest absolute Gasteiger partial charge is 0.246 e. The second kappa shape index (κ2) is 6.68. The summed E-state index contributed by atoms with van der Waals surface area (Å²) in [6.07, 6.45) is 0. The van der Waals surface area contributed by atoms with Crippen LogP contribution in [-0.4, -0.2) is 30.3 Å². The Balaban J connectivity index is 2.12. The summed E-state index contributed by atoms with van der Waals surface area (Å²) in [5.74, 6) is 1.89. The topological polar surface area (TPSA) is 86.5 Å². The molecule has 0 atom stereocenters. The summed E-state index contributed by atoms with van der Waals surface area (Å²) in [4.78, 5) is 16.1. The van der Waals surface area contributed by atoms with Gasteiger partial charge in [0.2, 0.25) is 17.6 Å². The zero-order valence-corrected chi connectivity index (χ0v) is 14.0. The van der Waals surface area contributed by atoms with Crippen molar-refractivity contribution < 1.29 is 18.8 Å². The Morgan fingerprint density at radius 1 is 1.22 bits per heavy atom. The van der Waals surface area contributed by atoms with Crippen molar-refractivity contribution in [2.75, 3.05) is 14.2 Å². The van der Waals surface area contributed by atoms with E-state index in [0.717, 1.165) is 5.56 Å². The number of rotatable bonds is 5. The maximum atomic E-state index is 11.8. The first-order chi connectivity index (χ1) is 10.8. The minimum absolute atomic E-state index is 0.0802. The third kappa shape index (κ3) is 4.00. The van der Waals surface area contributed by atoms with Crippen molar-refractivity contribution in [2.24, 2.45) is 5.41 Å². The van der Waals surface area contributed by atoms with Gasteiger partial charge in [0.1, 0.15) is 0 Å². The van der Waals surface area contributed by atoms with E-state index in [0.29, 0.717) is 23.2 Å². The summed E-state index contributed by atoms with van der Waals surface area (Å²) in [5.41, 5.74) is 0.270. The molecule has 0 radical (unpaired) electrons. The van der Waals surface area contributed by atoms with Gasteiger partial charge in [0.15, 0.2) is 11.5 Å². The molecule has 0 spiro atoms.